The van der Waals surface area contributed by atoms with E-state index in [9.17, 15) is 13.2 Å². The number of carbonyl (C=O) groups is 1. The van der Waals surface area contributed by atoms with Crippen LogP contribution in [-0.2, 0) is 13.8 Å². The van der Waals surface area contributed by atoms with E-state index in [2.05, 4.69) is 4.79 Å². The van der Waals surface area contributed by atoms with Gasteiger partial charge in [-0.15, -0.1) is 0 Å². The summed E-state index contributed by atoms with van der Waals surface area (Å²) in [5, 5.41) is 0. The number of allylic oxidation sites excluding steroid dienone is 1. The van der Waals surface area contributed by atoms with Gasteiger partial charge in [0.1, 0.15) is 0 Å². The molecule has 1 aromatic rings. The summed E-state index contributed by atoms with van der Waals surface area (Å²) in [4.78, 5) is 14.5. The summed E-state index contributed by atoms with van der Waals surface area (Å²) in [5.74, 6) is -0.434. The topological polar surface area (TPSA) is 89.2 Å². The fraction of sp³-hybridized carbons (Fsp3) is 0. The maximum Gasteiger partial charge on any atom is 0.419 e. The zero-order valence-electron chi connectivity index (χ0n) is 8.34. The lowest BCUT2D eigenvalue weighted by molar-refractivity contribution is -0.133. The molecule has 0 bridgehead atoms. The van der Waals surface area contributed by atoms with E-state index in [1.165, 1.54) is 30.4 Å². The average molecular weight is 270 g/mol. The Labute approximate surface area is 101 Å². The SMILES string of the molecule is N=[N+]=C1C(=O)C=Cc2c1cccc2S(=O)(=O)Cl. The van der Waals surface area contributed by atoms with Crippen LogP contribution in [0.3, 0.4) is 0 Å². The molecule has 86 valence electrons. The molecule has 0 fully saturated rings. The number of nitrogens with zero attached hydrogens (tertiary/aromatic N) is 1. The van der Waals surface area contributed by atoms with E-state index >= 15 is 0 Å². The van der Waals surface area contributed by atoms with Gasteiger partial charge in [-0.2, -0.15) is 0 Å². The fourth-order valence-electron chi connectivity index (χ4n) is 1.62. The predicted molar refractivity (Wildman–Crippen MR) is 60.6 cm³/mol. The number of fused-ring (bicyclic) bond motifs is 1. The molecular formula is C10H6ClN2O3S+. The van der Waals surface area contributed by atoms with Crippen molar-refractivity contribution in [1.29, 1.82) is 5.53 Å². The predicted octanol–water partition coefficient (Wildman–Crippen LogP) is 1.24. The van der Waals surface area contributed by atoms with Gasteiger partial charge in [0.05, 0.1) is 20.8 Å². The van der Waals surface area contributed by atoms with Gasteiger partial charge in [0.25, 0.3) is 14.8 Å². The second kappa shape index (κ2) is 3.92. The van der Waals surface area contributed by atoms with Crippen LogP contribution < -0.4 is 0 Å². The first-order valence-electron chi connectivity index (χ1n) is 4.50. The lowest BCUT2D eigenvalue weighted by Gasteiger charge is -2.08. The van der Waals surface area contributed by atoms with Crippen molar-refractivity contribution in [2.75, 3.05) is 0 Å². The van der Waals surface area contributed by atoms with Crippen LogP contribution in [0.2, 0.25) is 0 Å². The van der Waals surface area contributed by atoms with Crippen molar-refractivity contribution < 1.29 is 18.0 Å². The highest BCUT2D eigenvalue weighted by atomic mass is 35.7. The molecule has 1 aliphatic rings. The van der Waals surface area contributed by atoms with Crippen molar-refractivity contribution in [3.05, 3.63) is 35.4 Å². The third kappa shape index (κ3) is 1.93. The molecule has 0 unspecified atom stereocenters. The second-order valence-electron chi connectivity index (χ2n) is 3.31. The van der Waals surface area contributed by atoms with Gasteiger partial charge < -0.3 is 0 Å². The zero-order chi connectivity index (χ0) is 12.6. The molecule has 17 heavy (non-hydrogen) atoms. The van der Waals surface area contributed by atoms with E-state index in [-0.39, 0.29) is 16.2 Å². The number of nitrogens with one attached hydrogen (secondary N) is 1. The van der Waals surface area contributed by atoms with E-state index in [4.69, 9.17) is 16.2 Å². The Morgan fingerprint density at radius 3 is 2.53 bits per heavy atom. The van der Waals surface area contributed by atoms with Crippen LogP contribution in [0.5, 0.6) is 0 Å². The largest absolute Gasteiger partial charge is 0.419 e. The molecule has 1 aromatic carbocycles. The van der Waals surface area contributed by atoms with Gasteiger partial charge in [-0.25, -0.2) is 8.42 Å². The number of rotatable bonds is 1. The van der Waals surface area contributed by atoms with Gasteiger partial charge in [0.15, 0.2) is 0 Å². The normalized spacial score (nSPS) is 14.4. The summed E-state index contributed by atoms with van der Waals surface area (Å²) in [6.07, 6.45) is 2.53. The maximum atomic E-state index is 11.4. The highest BCUT2D eigenvalue weighted by Crippen LogP contribution is 2.27. The third-order valence-electron chi connectivity index (χ3n) is 2.33. The first-order chi connectivity index (χ1) is 7.95. The van der Waals surface area contributed by atoms with Gasteiger partial charge in [0.2, 0.25) is 0 Å². The molecule has 0 aromatic heterocycles. The zero-order valence-corrected chi connectivity index (χ0v) is 9.92. The molecular weight excluding hydrogens is 264 g/mol. The molecule has 1 aliphatic carbocycles. The first kappa shape index (κ1) is 11.7. The van der Waals surface area contributed by atoms with E-state index in [1.807, 2.05) is 0 Å². The second-order valence-corrected chi connectivity index (χ2v) is 5.85. The first-order valence-corrected chi connectivity index (χ1v) is 6.81. The van der Waals surface area contributed by atoms with Crippen molar-refractivity contribution in [3.8, 4) is 0 Å². The summed E-state index contributed by atoms with van der Waals surface area (Å²) < 4.78 is 22.7. The Balaban J connectivity index is 2.86. The molecule has 5 nitrogen and oxygen atoms in total. The standard InChI is InChI=1S/C10H6ClN2O3S/c11-17(15,16)9-3-1-2-7-6(9)4-5-8(14)10(7)13-12/h1-5,12H/q+1. The van der Waals surface area contributed by atoms with Crippen LogP contribution in [0.1, 0.15) is 11.1 Å². The van der Waals surface area contributed by atoms with Gasteiger partial charge in [-0.05, 0) is 24.3 Å². The van der Waals surface area contributed by atoms with Crippen molar-refractivity contribution in [3.63, 3.8) is 0 Å². The lowest BCUT2D eigenvalue weighted by atomic mass is 9.95. The average Bonchev–Trinajstić information content (AvgIpc) is 2.26. The van der Waals surface area contributed by atoms with E-state index < -0.39 is 14.8 Å². The molecule has 0 heterocycles. The van der Waals surface area contributed by atoms with Crippen LogP contribution in [0.15, 0.2) is 29.2 Å². The molecule has 0 radical (unpaired) electrons. The number of benzene rings is 1. The van der Waals surface area contributed by atoms with Gasteiger partial charge in [0, 0.05) is 16.2 Å². The van der Waals surface area contributed by atoms with Crippen LogP contribution in [-0.4, -0.2) is 24.7 Å². The summed E-state index contributed by atoms with van der Waals surface area (Å²) >= 11 is 0. The Bertz CT molecular complexity index is 700. The minimum atomic E-state index is -3.90. The third-order valence-corrected chi connectivity index (χ3v) is 3.71. The number of hydrogen-bond donors (Lipinski definition) is 1. The summed E-state index contributed by atoms with van der Waals surface area (Å²) in [7, 11) is 1.39. The Hall–Kier alpha value is -1.75. The number of carbonyl (C=O) groups excluding carboxylic acids is 1. The molecule has 0 saturated carbocycles. The minimum absolute atomic E-state index is 0.0929. The number of ketones is 1. The molecule has 7 heteroatoms. The molecule has 0 atom stereocenters. The number of hydrogen-bond acceptors (Lipinski definition) is 4. The van der Waals surface area contributed by atoms with Crippen molar-refractivity contribution in [2.45, 2.75) is 4.90 Å². The molecule has 0 amide bonds. The molecule has 1 N–H and O–H groups in total. The van der Waals surface area contributed by atoms with Crippen LogP contribution in [0.4, 0.5) is 0 Å². The highest BCUT2D eigenvalue weighted by molar-refractivity contribution is 8.13. The van der Waals surface area contributed by atoms with Crippen molar-refractivity contribution >= 4 is 37.3 Å². The van der Waals surface area contributed by atoms with Crippen molar-refractivity contribution in [2.24, 2.45) is 0 Å². The van der Waals surface area contributed by atoms with Crippen LogP contribution >= 0.6 is 10.7 Å². The molecule has 0 spiro atoms. The smallest absolute Gasteiger partial charge is 0.281 e. The van der Waals surface area contributed by atoms with Crippen molar-refractivity contribution in [1.82, 2.24) is 0 Å². The summed E-state index contributed by atoms with van der Waals surface area (Å²) in [6, 6.07) is 4.31. The van der Waals surface area contributed by atoms with Crippen LogP contribution in [0, 0.1) is 5.53 Å². The Kier molecular flexibility index (Phi) is 2.71. The minimum Gasteiger partial charge on any atom is -0.281 e. The maximum absolute atomic E-state index is 11.4. The summed E-state index contributed by atoms with van der Waals surface area (Å²) in [5.41, 5.74) is 7.43. The van der Waals surface area contributed by atoms with E-state index in [0.29, 0.717) is 5.56 Å². The lowest BCUT2D eigenvalue weighted by Crippen LogP contribution is -2.19. The van der Waals surface area contributed by atoms with Crippen LogP contribution in [0.25, 0.3) is 6.08 Å². The van der Waals surface area contributed by atoms with Gasteiger partial charge in [-0.1, -0.05) is 6.07 Å². The molecule has 0 aliphatic heterocycles. The van der Waals surface area contributed by atoms with Gasteiger partial charge in [-0.3, -0.25) is 4.79 Å². The molecule has 0 saturated heterocycles. The van der Waals surface area contributed by atoms with E-state index in [0.717, 1.165) is 0 Å². The number of halogens is 1. The Morgan fingerprint density at radius 2 is 1.94 bits per heavy atom. The highest BCUT2D eigenvalue weighted by Gasteiger charge is 2.32. The fourth-order valence-corrected chi connectivity index (χ4v) is 2.71. The summed E-state index contributed by atoms with van der Waals surface area (Å²) in [6.45, 7) is 0. The Morgan fingerprint density at radius 1 is 1.24 bits per heavy atom. The quantitative estimate of drug-likeness (QED) is 0.472. The van der Waals surface area contributed by atoms with Gasteiger partial charge >= 0.3 is 5.71 Å². The monoisotopic (exact) mass is 269 g/mol. The van der Waals surface area contributed by atoms with E-state index in [1.54, 1.807) is 0 Å². The molecule has 2 rings (SSSR count).